The quantitative estimate of drug-likeness (QED) is 0.744. The topological polar surface area (TPSA) is 68.2 Å². The number of benzene rings is 1. The Hall–Kier alpha value is -3.28. The van der Waals surface area contributed by atoms with E-state index in [1.807, 2.05) is 24.3 Å². The van der Waals surface area contributed by atoms with Crippen LogP contribution in [0.25, 0.3) is 0 Å². The highest BCUT2D eigenvalue weighted by molar-refractivity contribution is 6.09. The normalized spacial score (nSPS) is 13.0. The number of nitrogens with zero attached hydrogens (tertiary/aromatic N) is 4. The Morgan fingerprint density at radius 2 is 1.96 bits per heavy atom. The van der Waals surface area contributed by atoms with Gasteiger partial charge in [0, 0.05) is 24.0 Å². The van der Waals surface area contributed by atoms with Gasteiger partial charge in [-0.2, -0.15) is 4.98 Å². The molecule has 1 amide bonds. The highest BCUT2D eigenvalue weighted by Gasteiger charge is 2.29. The summed E-state index contributed by atoms with van der Waals surface area (Å²) in [4.78, 5) is 26.5. The van der Waals surface area contributed by atoms with Crippen LogP contribution in [0.2, 0.25) is 0 Å². The van der Waals surface area contributed by atoms with E-state index in [0.29, 0.717) is 29.7 Å². The second-order valence-electron chi connectivity index (χ2n) is 5.03. The van der Waals surface area contributed by atoms with E-state index in [1.54, 1.807) is 41.7 Å². The van der Waals surface area contributed by atoms with Crippen LogP contribution < -0.4 is 9.64 Å². The molecule has 23 heavy (non-hydrogen) atoms. The summed E-state index contributed by atoms with van der Waals surface area (Å²) in [6.07, 6.45) is 4.83. The molecule has 0 aliphatic carbocycles. The third kappa shape index (κ3) is 2.50. The highest BCUT2D eigenvalue weighted by Crippen LogP contribution is 2.27. The summed E-state index contributed by atoms with van der Waals surface area (Å²) < 4.78 is 5.64. The van der Waals surface area contributed by atoms with Crippen molar-refractivity contribution in [3.8, 4) is 11.6 Å². The molecule has 0 saturated heterocycles. The number of rotatable bonds is 3. The largest absolute Gasteiger partial charge is 0.437 e. The molecule has 4 rings (SSSR count). The van der Waals surface area contributed by atoms with Gasteiger partial charge < -0.3 is 4.74 Å². The minimum atomic E-state index is -0.0980. The molecule has 0 bridgehead atoms. The number of hydrogen-bond donors (Lipinski definition) is 0. The third-order valence-corrected chi connectivity index (χ3v) is 3.54. The van der Waals surface area contributed by atoms with Gasteiger partial charge in [-0.1, -0.05) is 18.2 Å². The lowest BCUT2D eigenvalue weighted by Gasteiger charge is -2.14. The van der Waals surface area contributed by atoms with Gasteiger partial charge in [0.15, 0.2) is 0 Å². The summed E-state index contributed by atoms with van der Waals surface area (Å²) >= 11 is 0. The molecule has 0 saturated carbocycles. The summed E-state index contributed by atoms with van der Waals surface area (Å²) in [5, 5.41) is 0. The van der Waals surface area contributed by atoms with E-state index in [4.69, 9.17) is 4.74 Å². The molecule has 0 fully saturated rings. The van der Waals surface area contributed by atoms with Crippen molar-refractivity contribution >= 4 is 11.9 Å². The minimum Gasteiger partial charge on any atom is -0.437 e. The zero-order valence-corrected chi connectivity index (χ0v) is 12.1. The van der Waals surface area contributed by atoms with Gasteiger partial charge in [-0.15, -0.1) is 0 Å². The van der Waals surface area contributed by atoms with Gasteiger partial charge in [-0.05, 0) is 23.8 Å². The SMILES string of the molecule is O=C1c2ccccc2CN1c1nccc(Oc2cccnc2)n1. The monoisotopic (exact) mass is 304 g/mol. The van der Waals surface area contributed by atoms with E-state index >= 15 is 0 Å². The fourth-order valence-electron chi connectivity index (χ4n) is 2.46. The number of fused-ring (bicyclic) bond motifs is 1. The van der Waals surface area contributed by atoms with Crippen LogP contribution in [0.15, 0.2) is 61.1 Å². The van der Waals surface area contributed by atoms with Crippen molar-refractivity contribution in [2.24, 2.45) is 0 Å². The van der Waals surface area contributed by atoms with Crippen LogP contribution >= 0.6 is 0 Å². The first kappa shape index (κ1) is 13.4. The first-order valence-corrected chi connectivity index (χ1v) is 7.12. The van der Waals surface area contributed by atoms with E-state index in [0.717, 1.165) is 5.56 Å². The van der Waals surface area contributed by atoms with Crippen molar-refractivity contribution in [1.29, 1.82) is 0 Å². The molecule has 0 spiro atoms. The predicted molar refractivity (Wildman–Crippen MR) is 83.3 cm³/mol. The van der Waals surface area contributed by atoms with Crippen molar-refractivity contribution in [1.82, 2.24) is 15.0 Å². The maximum Gasteiger partial charge on any atom is 0.261 e. The van der Waals surface area contributed by atoms with Gasteiger partial charge >= 0.3 is 0 Å². The van der Waals surface area contributed by atoms with Gasteiger partial charge in [0.05, 0.1) is 12.7 Å². The molecule has 6 nitrogen and oxygen atoms in total. The van der Waals surface area contributed by atoms with Crippen LogP contribution in [-0.2, 0) is 6.54 Å². The molecule has 2 aromatic heterocycles. The molecule has 1 aliphatic rings. The number of aromatic nitrogens is 3. The molecule has 1 aromatic carbocycles. The van der Waals surface area contributed by atoms with Gasteiger partial charge in [0.2, 0.25) is 11.8 Å². The van der Waals surface area contributed by atoms with E-state index in [9.17, 15) is 4.79 Å². The fraction of sp³-hybridized carbons (Fsp3) is 0.0588. The Bertz CT molecular complexity index is 867. The Morgan fingerprint density at radius 3 is 2.78 bits per heavy atom. The van der Waals surface area contributed by atoms with Crippen molar-refractivity contribution in [3.05, 3.63) is 72.2 Å². The average molecular weight is 304 g/mol. The van der Waals surface area contributed by atoms with E-state index < -0.39 is 0 Å². The fourth-order valence-corrected chi connectivity index (χ4v) is 2.46. The number of hydrogen-bond acceptors (Lipinski definition) is 5. The maximum atomic E-state index is 12.5. The van der Waals surface area contributed by atoms with Gasteiger partial charge in [-0.3, -0.25) is 14.7 Å². The lowest BCUT2D eigenvalue weighted by atomic mass is 10.1. The molecule has 6 heteroatoms. The molecule has 0 atom stereocenters. The number of carbonyl (C=O) groups is 1. The number of anilines is 1. The zero-order chi connectivity index (χ0) is 15.6. The van der Waals surface area contributed by atoms with E-state index in [-0.39, 0.29) is 5.91 Å². The van der Waals surface area contributed by atoms with Crippen LogP contribution in [0.1, 0.15) is 15.9 Å². The van der Waals surface area contributed by atoms with Gasteiger partial charge in [0.1, 0.15) is 5.75 Å². The number of ether oxygens (including phenoxy) is 1. The predicted octanol–water partition coefficient (Wildman–Crippen LogP) is 2.82. The van der Waals surface area contributed by atoms with Crippen LogP contribution in [0.3, 0.4) is 0 Å². The summed E-state index contributed by atoms with van der Waals surface area (Å²) in [5.41, 5.74) is 1.66. The highest BCUT2D eigenvalue weighted by atomic mass is 16.5. The molecular weight excluding hydrogens is 292 g/mol. The van der Waals surface area contributed by atoms with Crippen molar-refractivity contribution in [3.63, 3.8) is 0 Å². The summed E-state index contributed by atoms with van der Waals surface area (Å²) in [5.74, 6) is 1.17. The smallest absolute Gasteiger partial charge is 0.261 e. The lowest BCUT2D eigenvalue weighted by Crippen LogP contribution is -2.25. The number of amides is 1. The maximum absolute atomic E-state index is 12.5. The summed E-state index contributed by atoms with van der Waals surface area (Å²) in [6, 6.07) is 12.7. The molecule has 0 N–H and O–H groups in total. The Kier molecular flexibility index (Phi) is 3.20. The van der Waals surface area contributed by atoms with Crippen LogP contribution in [-0.4, -0.2) is 20.9 Å². The first-order valence-electron chi connectivity index (χ1n) is 7.12. The second-order valence-corrected chi connectivity index (χ2v) is 5.03. The van der Waals surface area contributed by atoms with Crippen LogP contribution in [0.4, 0.5) is 5.95 Å². The molecule has 0 unspecified atom stereocenters. The average Bonchev–Trinajstić information content (AvgIpc) is 2.93. The van der Waals surface area contributed by atoms with E-state index in [2.05, 4.69) is 15.0 Å². The standard InChI is InChI=1S/C17H12N4O2/c22-16-14-6-2-1-4-12(14)11-21(16)17-19-9-7-15(20-17)23-13-5-3-8-18-10-13/h1-10H,11H2. The minimum absolute atomic E-state index is 0.0980. The molecule has 3 heterocycles. The Balaban J connectivity index is 1.62. The number of pyridine rings is 1. The third-order valence-electron chi connectivity index (χ3n) is 3.54. The van der Waals surface area contributed by atoms with Gasteiger partial charge in [-0.25, -0.2) is 4.98 Å². The van der Waals surface area contributed by atoms with Crippen molar-refractivity contribution in [2.45, 2.75) is 6.54 Å². The van der Waals surface area contributed by atoms with Gasteiger partial charge in [0.25, 0.3) is 5.91 Å². The summed E-state index contributed by atoms with van der Waals surface area (Å²) in [6.45, 7) is 0.464. The molecule has 3 aromatic rings. The second kappa shape index (κ2) is 5.49. The molecular formula is C17H12N4O2. The van der Waals surface area contributed by atoms with Crippen LogP contribution in [0, 0.1) is 0 Å². The van der Waals surface area contributed by atoms with Crippen molar-refractivity contribution in [2.75, 3.05) is 4.90 Å². The van der Waals surface area contributed by atoms with Crippen molar-refractivity contribution < 1.29 is 9.53 Å². The van der Waals surface area contributed by atoms with Crippen LogP contribution in [0.5, 0.6) is 11.6 Å². The number of carbonyl (C=O) groups excluding carboxylic acids is 1. The summed E-state index contributed by atoms with van der Waals surface area (Å²) in [7, 11) is 0. The Morgan fingerprint density at radius 1 is 1.04 bits per heavy atom. The zero-order valence-electron chi connectivity index (χ0n) is 12.1. The lowest BCUT2D eigenvalue weighted by molar-refractivity contribution is 0.0995. The van der Waals surface area contributed by atoms with E-state index in [1.165, 1.54) is 0 Å². The molecule has 1 aliphatic heterocycles. The molecule has 112 valence electrons. The first-order chi connectivity index (χ1) is 11.3. The Labute approximate surface area is 132 Å². The molecule has 0 radical (unpaired) electrons.